The molecule has 0 bridgehead atoms. The number of hydrogen-bond donors (Lipinski definition) is 1. The zero-order valence-corrected chi connectivity index (χ0v) is 19.9. The second-order valence-corrected chi connectivity index (χ2v) is 9.82. The third-order valence-electron chi connectivity index (χ3n) is 6.79. The highest BCUT2D eigenvalue weighted by Gasteiger charge is 2.34. The Bertz CT molecular complexity index is 1610. The second-order valence-electron chi connectivity index (χ2n) is 9.44. The van der Waals surface area contributed by atoms with Crippen molar-refractivity contribution in [3.8, 4) is 22.8 Å². The molecule has 4 aromatic heterocycles. The van der Waals surface area contributed by atoms with Gasteiger partial charge in [0.15, 0.2) is 16.2 Å². The molecule has 8 nitrogen and oxygen atoms in total. The number of fused-ring (bicyclic) bond motifs is 1. The molecule has 7 rings (SSSR count). The van der Waals surface area contributed by atoms with Crippen molar-refractivity contribution in [3.63, 3.8) is 0 Å². The first-order valence-corrected chi connectivity index (χ1v) is 12.2. The smallest absolute Gasteiger partial charge is 0.200 e. The molecule has 0 amide bonds. The monoisotopic (exact) mass is 468 g/mol. The average molecular weight is 469 g/mol. The molecule has 0 spiro atoms. The van der Waals surface area contributed by atoms with Gasteiger partial charge in [0.25, 0.3) is 0 Å². The predicted octanol–water partition coefficient (Wildman–Crippen LogP) is 5.13. The van der Waals surface area contributed by atoms with Crippen LogP contribution >= 0.6 is 12.2 Å². The number of para-hydroxylation sites is 1. The molecular formula is C25H24N8S. The van der Waals surface area contributed by atoms with Gasteiger partial charge < -0.3 is 0 Å². The Morgan fingerprint density at radius 2 is 1.79 bits per heavy atom. The zero-order valence-electron chi connectivity index (χ0n) is 19.1. The van der Waals surface area contributed by atoms with Gasteiger partial charge in [-0.1, -0.05) is 18.2 Å². The Balaban J connectivity index is 1.56. The number of nitrogens with one attached hydrogen (secondary N) is 1. The van der Waals surface area contributed by atoms with E-state index in [9.17, 15) is 0 Å². The van der Waals surface area contributed by atoms with Crippen LogP contribution in [0.5, 0.6) is 0 Å². The molecular weight excluding hydrogens is 444 g/mol. The van der Waals surface area contributed by atoms with Crippen molar-refractivity contribution >= 4 is 23.3 Å². The van der Waals surface area contributed by atoms with Crippen LogP contribution in [0.4, 0.5) is 0 Å². The number of hydrogen-bond acceptors (Lipinski definition) is 5. The lowest BCUT2D eigenvalue weighted by Gasteiger charge is -2.10. The van der Waals surface area contributed by atoms with Gasteiger partial charge in [0.2, 0.25) is 0 Å². The maximum atomic E-state index is 5.69. The van der Waals surface area contributed by atoms with Crippen LogP contribution in [0.25, 0.3) is 33.8 Å². The van der Waals surface area contributed by atoms with Gasteiger partial charge in [0, 0.05) is 36.3 Å². The van der Waals surface area contributed by atoms with Gasteiger partial charge in [-0.05, 0) is 63.0 Å². The third kappa shape index (κ3) is 3.07. The predicted molar refractivity (Wildman–Crippen MR) is 132 cm³/mol. The van der Waals surface area contributed by atoms with E-state index in [0.29, 0.717) is 16.6 Å². The van der Waals surface area contributed by atoms with Crippen molar-refractivity contribution in [2.24, 2.45) is 7.05 Å². The fourth-order valence-electron chi connectivity index (χ4n) is 4.83. The first-order chi connectivity index (χ1) is 16.6. The number of benzene rings is 1. The van der Waals surface area contributed by atoms with Crippen LogP contribution in [0.15, 0.2) is 42.6 Å². The van der Waals surface area contributed by atoms with Crippen molar-refractivity contribution in [2.45, 2.75) is 44.4 Å². The van der Waals surface area contributed by atoms with Crippen molar-refractivity contribution in [3.05, 3.63) is 64.4 Å². The second kappa shape index (κ2) is 7.20. The number of H-pyrrole nitrogens is 1. The Morgan fingerprint density at radius 1 is 1.03 bits per heavy atom. The fraction of sp³-hybridized carbons (Fsp3) is 0.320. The summed E-state index contributed by atoms with van der Waals surface area (Å²) in [6, 6.07) is 12.5. The van der Waals surface area contributed by atoms with Crippen LogP contribution in [0.3, 0.4) is 0 Å². The van der Waals surface area contributed by atoms with E-state index in [1.165, 1.54) is 12.8 Å². The van der Waals surface area contributed by atoms with Crippen molar-refractivity contribution in [2.75, 3.05) is 0 Å². The van der Waals surface area contributed by atoms with Crippen LogP contribution in [0, 0.1) is 11.7 Å². The molecule has 2 fully saturated rings. The number of aromatic amines is 1. The average Bonchev–Trinajstić information content (AvgIpc) is 3.76. The SMILES string of the molecule is Cc1nn(C)cc1-n1c(-c2cc(C3CC3)nc3c2c(C2CC2)nn3-c2ccccc2)n[nH]c1=S. The van der Waals surface area contributed by atoms with E-state index in [2.05, 4.69) is 28.4 Å². The van der Waals surface area contributed by atoms with Crippen molar-refractivity contribution in [1.29, 1.82) is 0 Å². The van der Waals surface area contributed by atoms with Gasteiger partial charge in [-0.2, -0.15) is 15.3 Å². The minimum absolute atomic E-state index is 0.454. The van der Waals surface area contributed by atoms with Crippen LogP contribution in [0.1, 0.15) is 54.6 Å². The van der Waals surface area contributed by atoms with Gasteiger partial charge in [-0.15, -0.1) is 0 Å². The molecule has 2 aliphatic carbocycles. The molecule has 2 aliphatic rings. The van der Waals surface area contributed by atoms with Gasteiger partial charge in [0.05, 0.1) is 28.1 Å². The molecule has 1 aromatic carbocycles. The molecule has 34 heavy (non-hydrogen) atoms. The molecule has 2 saturated carbocycles. The number of rotatable bonds is 5. The van der Waals surface area contributed by atoms with Crippen molar-refractivity contribution < 1.29 is 0 Å². The molecule has 4 heterocycles. The summed E-state index contributed by atoms with van der Waals surface area (Å²) in [5.41, 5.74) is 6.99. The van der Waals surface area contributed by atoms with Gasteiger partial charge in [-0.25, -0.2) is 9.67 Å². The van der Waals surface area contributed by atoms with Gasteiger partial charge in [-0.3, -0.25) is 14.3 Å². The number of aryl methyl sites for hydroxylation is 2. The van der Waals surface area contributed by atoms with E-state index >= 15 is 0 Å². The molecule has 170 valence electrons. The molecule has 5 aromatic rings. The molecule has 0 radical (unpaired) electrons. The highest BCUT2D eigenvalue weighted by Crippen LogP contribution is 2.47. The van der Waals surface area contributed by atoms with E-state index in [1.54, 1.807) is 0 Å². The molecule has 9 heteroatoms. The standard InChI is InChI=1S/C25H24N8S/c1-14-20(13-31(2)29-14)32-23(27-28-25(32)34)18-12-19(15-8-9-15)26-24-21(18)22(16-10-11-16)30-33(24)17-6-4-3-5-7-17/h3-7,12-13,15-16H,8-11H2,1-2H3,(H,28,34). The maximum absolute atomic E-state index is 5.69. The molecule has 1 N–H and O–H groups in total. The van der Waals surface area contributed by atoms with Gasteiger partial charge >= 0.3 is 0 Å². The summed E-state index contributed by atoms with van der Waals surface area (Å²) in [6.45, 7) is 1.99. The lowest BCUT2D eigenvalue weighted by atomic mass is 10.0. The molecule has 0 saturated heterocycles. The van der Waals surface area contributed by atoms with E-state index in [4.69, 9.17) is 27.4 Å². The van der Waals surface area contributed by atoms with Crippen molar-refractivity contribution in [1.82, 2.24) is 39.3 Å². The molecule has 0 aliphatic heterocycles. The molecule has 0 atom stereocenters. The fourth-order valence-corrected chi connectivity index (χ4v) is 5.06. The summed E-state index contributed by atoms with van der Waals surface area (Å²) >= 11 is 5.69. The van der Waals surface area contributed by atoms with E-state index in [-0.39, 0.29) is 0 Å². The minimum atomic E-state index is 0.454. The Labute approximate surface area is 201 Å². The highest BCUT2D eigenvalue weighted by atomic mass is 32.1. The normalized spacial score (nSPS) is 15.9. The van der Waals surface area contributed by atoms with Crippen LogP contribution < -0.4 is 0 Å². The maximum Gasteiger partial charge on any atom is 0.200 e. The lowest BCUT2D eigenvalue weighted by molar-refractivity contribution is 0.756. The first-order valence-electron chi connectivity index (χ1n) is 11.8. The van der Waals surface area contributed by atoms with E-state index in [0.717, 1.165) is 63.7 Å². The lowest BCUT2D eigenvalue weighted by Crippen LogP contribution is -2.02. The topological polar surface area (TPSA) is 82.1 Å². The molecule has 0 unspecified atom stereocenters. The highest BCUT2D eigenvalue weighted by molar-refractivity contribution is 7.71. The number of pyridine rings is 1. The van der Waals surface area contributed by atoms with E-state index in [1.807, 2.05) is 52.3 Å². The quantitative estimate of drug-likeness (QED) is 0.362. The van der Waals surface area contributed by atoms with Crippen LogP contribution in [-0.4, -0.2) is 39.3 Å². The largest absolute Gasteiger partial charge is 0.273 e. The first kappa shape index (κ1) is 19.8. The zero-order chi connectivity index (χ0) is 23.0. The summed E-state index contributed by atoms with van der Waals surface area (Å²) in [6.07, 6.45) is 6.63. The number of aromatic nitrogens is 8. The Morgan fingerprint density at radius 3 is 2.47 bits per heavy atom. The summed E-state index contributed by atoms with van der Waals surface area (Å²) in [4.78, 5) is 5.17. The third-order valence-corrected chi connectivity index (χ3v) is 7.06. The van der Waals surface area contributed by atoms with Crippen LogP contribution in [-0.2, 0) is 7.05 Å². The summed E-state index contributed by atoms with van der Waals surface area (Å²) in [5, 5.41) is 18.5. The summed E-state index contributed by atoms with van der Waals surface area (Å²) in [7, 11) is 1.92. The summed E-state index contributed by atoms with van der Waals surface area (Å²) in [5.74, 6) is 1.72. The van der Waals surface area contributed by atoms with Crippen LogP contribution in [0.2, 0.25) is 0 Å². The summed E-state index contributed by atoms with van der Waals surface area (Å²) < 4.78 is 6.37. The van der Waals surface area contributed by atoms with E-state index < -0.39 is 0 Å². The van der Waals surface area contributed by atoms with Gasteiger partial charge in [0.1, 0.15) is 0 Å². The Hall–Kier alpha value is -3.59. The Kier molecular flexibility index (Phi) is 4.20. The number of nitrogens with zero attached hydrogens (tertiary/aromatic N) is 7. The minimum Gasteiger partial charge on any atom is -0.273 e.